The average molecular weight is 398 g/mol. The second-order valence-electron chi connectivity index (χ2n) is 5.50. The number of aryl methyl sites for hydroxylation is 2. The van der Waals surface area contributed by atoms with Gasteiger partial charge in [0.1, 0.15) is 11.6 Å². The van der Waals surface area contributed by atoms with Crippen LogP contribution in [-0.4, -0.2) is 21.7 Å². The summed E-state index contributed by atoms with van der Waals surface area (Å²) in [6.45, 7) is 6.91. The number of halogens is 1. The molecule has 0 spiro atoms. The predicted molar refractivity (Wildman–Crippen MR) is 90.5 cm³/mol. The fraction of sp³-hybridized carbons (Fsp3) is 0.533. The van der Waals surface area contributed by atoms with E-state index in [4.69, 9.17) is 14.5 Å². The van der Waals surface area contributed by atoms with Crippen molar-refractivity contribution in [2.24, 2.45) is 0 Å². The Kier molecular flexibility index (Phi) is 4.14. The summed E-state index contributed by atoms with van der Waals surface area (Å²) < 4.78 is 6.42. The van der Waals surface area contributed by atoms with E-state index in [2.05, 4.69) is 40.0 Å². The van der Waals surface area contributed by atoms with Crippen LogP contribution in [0, 0.1) is 17.4 Å². The van der Waals surface area contributed by atoms with Crippen LogP contribution in [0.25, 0.3) is 11.4 Å². The summed E-state index contributed by atoms with van der Waals surface area (Å²) in [6, 6.07) is 0. The zero-order chi connectivity index (χ0) is 15.0. The first-order chi connectivity index (χ1) is 10.1. The zero-order valence-electron chi connectivity index (χ0n) is 12.5. The molecule has 2 heterocycles. The van der Waals surface area contributed by atoms with Gasteiger partial charge < -0.3 is 9.84 Å². The Morgan fingerprint density at radius 3 is 2.62 bits per heavy atom. The fourth-order valence-electron chi connectivity index (χ4n) is 2.37. The van der Waals surface area contributed by atoms with Crippen LogP contribution in [0.2, 0.25) is 0 Å². The lowest BCUT2D eigenvalue weighted by atomic mass is 10.1. The van der Waals surface area contributed by atoms with Crippen LogP contribution >= 0.6 is 22.6 Å². The van der Waals surface area contributed by atoms with Crippen molar-refractivity contribution >= 4 is 28.4 Å². The van der Waals surface area contributed by atoms with E-state index in [-0.39, 0.29) is 0 Å². The lowest BCUT2D eigenvalue weighted by molar-refractivity contribution is 0.393. The van der Waals surface area contributed by atoms with Gasteiger partial charge in [-0.25, -0.2) is 9.97 Å². The zero-order valence-corrected chi connectivity index (χ0v) is 14.7. The second-order valence-corrected chi connectivity index (χ2v) is 6.57. The first-order valence-corrected chi connectivity index (χ1v) is 8.44. The van der Waals surface area contributed by atoms with E-state index in [0.717, 1.165) is 45.2 Å². The second kappa shape index (κ2) is 5.90. The quantitative estimate of drug-likeness (QED) is 0.770. The predicted octanol–water partition coefficient (Wildman–Crippen LogP) is 4.05. The van der Waals surface area contributed by atoms with Gasteiger partial charge in [0.2, 0.25) is 0 Å². The first kappa shape index (κ1) is 14.7. The lowest BCUT2D eigenvalue weighted by Crippen LogP contribution is -2.09. The molecule has 1 saturated carbocycles. The Morgan fingerprint density at radius 2 is 2.05 bits per heavy atom. The lowest BCUT2D eigenvalue weighted by Gasteiger charge is -2.12. The van der Waals surface area contributed by atoms with Gasteiger partial charge in [0.25, 0.3) is 0 Å². The van der Waals surface area contributed by atoms with Gasteiger partial charge in [0.05, 0.1) is 20.5 Å². The average Bonchev–Trinajstić information content (AvgIpc) is 3.25. The van der Waals surface area contributed by atoms with Crippen LogP contribution < -0.4 is 5.32 Å². The minimum atomic E-state index is 0.585. The third-order valence-corrected chi connectivity index (χ3v) is 4.70. The maximum atomic E-state index is 5.26. The summed E-state index contributed by atoms with van der Waals surface area (Å²) in [5.41, 5.74) is 2.93. The molecule has 0 aromatic carbocycles. The van der Waals surface area contributed by atoms with Crippen LogP contribution in [0.15, 0.2) is 4.52 Å². The number of nitrogens with one attached hydrogen (secondary N) is 1. The molecule has 1 aliphatic rings. The molecule has 2 aromatic rings. The van der Waals surface area contributed by atoms with Gasteiger partial charge in [-0.05, 0) is 55.7 Å². The topological polar surface area (TPSA) is 63.8 Å². The Bertz CT molecular complexity index is 644. The summed E-state index contributed by atoms with van der Waals surface area (Å²) in [6.07, 6.45) is 3.52. The SMILES string of the molecule is CCCNc1nc(-c2c(C)noc2C)nc(C2CC2)c1I. The van der Waals surface area contributed by atoms with E-state index in [1.165, 1.54) is 18.5 Å². The van der Waals surface area contributed by atoms with Gasteiger partial charge in [-0.15, -0.1) is 0 Å². The summed E-state index contributed by atoms with van der Waals surface area (Å²) >= 11 is 2.36. The van der Waals surface area contributed by atoms with Crippen LogP contribution in [0.1, 0.15) is 49.3 Å². The van der Waals surface area contributed by atoms with Gasteiger partial charge in [0.15, 0.2) is 5.82 Å². The third kappa shape index (κ3) is 2.90. The van der Waals surface area contributed by atoms with E-state index in [0.29, 0.717) is 5.92 Å². The number of hydrogen-bond acceptors (Lipinski definition) is 5. The van der Waals surface area contributed by atoms with E-state index in [1.54, 1.807) is 0 Å². The largest absolute Gasteiger partial charge is 0.369 e. The normalized spacial score (nSPS) is 14.5. The molecule has 0 aliphatic heterocycles. The number of anilines is 1. The van der Waals surface area contributed by atoms with Crippen molar-refractivity contribution in [3.63, 3.8) is 0 Å². The summed E-state index contributed by atoms with van der Waals surface area (Å²) in [5, 5.41) is 7.44. The molecule has 1 aliphatic carbocycles. The molecule has 6 heteroatoms. The van der Waals surface area contributed by atoms with Crippen molar-refractivity contribution in [1.82, 2.24) is 15.1 Å². The van der Waals surface area contributed by atoms with E-state index in [1.807, 2.05) is 13.8 Å². The maximum Gasteiger partial charge on any atom is 0.167 e. The first-order valence-electron chi connectivity index (χ1n) is 7.36. The van der Waals surface area contributed by atoms with Crippen molar-refractivity contribution in [2.45, 2.75) is 46.0 Å². The van der Waals surface area contributed by atoms with Crippen LogP contribution in [0.5, 0.6) is 0 Å². The molecule has 0 saturated heterocycles. The highest BCUT2D eigenvalue weighted by atomic mass is 127. The van der Waals surface area contributed by atoms with Crippen molar-refractivity contribution in [1.29, 1.82) is 0 Å². The highest BCUT2D eigenvalue weighted by Crippen LogP contribution is 2.43. The van der Waals surface area contributed by atoms with Gasteiger partial charge in [0, 0.05) is 12.5 Å². The molecule has 1 fully saturated rings. The molecule has 0 unspecified atom stereocenters. The van der Waals surface area contributed by atoms with E-state index < -0.39 is 0 Å². The van der Waals surface area contributed by atoms with E-state index in [9.17, 15) is 0 Å². The molecule has 112 valence electrons. The molecule has 5 nitrogen and oxygen atoms in total. The fourth-order valence-corrected chi connectivity index (χ4v) is 3.24. The molecule has 3 rings (SSSR count). The highest BCUT2D eigenvalue weighted by molar-refractivity contribution is 14.1. The van der Waals surface area contributed by atoms with Crippen LogP contribution in [0.4, 0.5) is 5.82 Å². The Balaban J connectivity index is 2.10. The molecule has 1 N–H and O–H groups in total. The number of hydrogen-bond donors (Lipinski definition) is 1. The standard InChI is InChI=1S/C15H19IN4O/c1-4-7-17-15-12(16)13(10-5-6-10)18-14(19-15)11-8(2)20-21-9(11)3/h10H,4-7H2,1-3H3,(H,17,18,19). The number of nitrogens with zero attached hydrogens (tertiary/aromatic N) is 3. The Labute approximate surface area is 138 Å². The molecule has 2 aromatic heterocycles. The third-order valence-electron chi connectivity index (χ3n) is 3.64. The number of aromatic nitrogens is 3. The van der Waals surface area contributed by atoms with Crippen molar-refractivity contribution in [3.05, 3.63) is 20.7 Å². The van der Waals surface area contributed by atoms with Crippen molar-refractivity contribution < 1.29 is 4.52 Å². The van der Waals surface area contributed by atoms with Crippen molar-refractivity contribution in [3.8, 4) is 11.4 Å². The van der Waals surface area contributed by atoms with Gasteiger partial charge >= 0.3 is 0 Å². The highest BCUT2D eigenvalue weighted by Gasteiger charge is 2.30. The Hall–Kier alpha value is -1.18. The van der Waals surface area contributed by atoms with Crippen LogP contribution in [0.3, 0.4) is 0 Å². The monoisotopic (exact) mass is 398 g/mol. The molecule has 0 amide bonds. The molecule has 0 atom stereocenters. The van der Waals surface area contributed by atoms with Crippen molar-refractivity contribution in [2.75, 3.05) is 11.9 Å². The van der Waals surface area contributed by atoms with Gasteiger partial charge in [-0.2, -0.15) is 0 Å². The summed E-state index contributed by atoms with van der Waals surface area (Å²) in [4.78, 5) is 9.52. The van der Waals surface area contributed by atoms with E-state index >= 15 is 0 Å². The summed E-state index contributed by atoms with van der Waals surface area (Å²) in [5.74, 6) is 3.02. The molecule has 0 radical (unpaired) electrons. The smallest absolute Gasteiger partial charge is 0.167 e. The summed E-state index contributed by atoms with van der Waals surface area (Å²) in [7, 11) is 0. The Morgan fingerprint density at radius 1 is 1.29 bits per heavy atom. The van der Waals surface area contributed by atoms with Gasteiger partial charge in [-0.1, -0.05) is 12.1 Å². The minimum absolute atomic E-state index is 0.585. The molecule has 0 bridgehead atoms. The molecular weight excluding hydrogens is 379 g/mol. The maximum absolute atomic E-state index is 5.26. The number of rotatable bonds is 5. The van der Waals surface area contributed by atoms with Gasteiger partial charge in [-0.3, -0.25) is 0 Å². The molecule has 21 heavy (non-hydrogen) atoms. The molecular formula is C15H19IN4O. The minimum Gasteiger partial charge on any atom is -0.369 e. The van der Waals surface area contributed by atoms with Crippen LogP contribution in [-0.2, 0) is 0 Å².